The number of amides is 2. The summed E-state index contributed by atoms with van der Waals surface area (Å²) in [6, 6.07) is 17.0. The Kier molecular flexibility index (Phi) is 8.80. The molecule has 0 aliphatic carbocycles. The van der Waals surface area contributed by atoms with Crippen molar-refractivity contribution in [2.24, 2.45) is 0 Å². The lowest BCUT2D eigenvalue weighted by atomic mass is 9.93. The SMILES string of the molecule is CO[C@@H]1CC[C@H]2CCOc3c(C#N)cccc3C(=O)N(C)C[C@@H](c3ccccc3)CC(=O)N(C)C[C@H]1O2. The molecule has 2 aromatic carbocycles. The van der Waals surface area contributed by atoms with E-state index in [1.165, 1.54) is 0 Å². The van der Waals surface area contributed by atoms with E-state index in [2.05, 4.69) is 6.07 Å². The third-order valence-corrected chi connectivity index (χ3v) is 7.32. The number of carbonyl (C=O) groups is 2. The van der Waals surface area contributed by atoms with Gasteiger partial charge in [-0.3, -0.25) is 9.59 Å². The van der Waals surface area contributed by atoms with Crippen LogP contribution in [0.15, 0.2) is 48.5 Å². The minimum Gasteiger partial charge on any atom is -0.491 e. The van der Waals surface area contributed by atoms with Gasteiger partial charge >= 0.3 is 0 Å². The van der Waals surface area contributed by atoms with Crippen LogP contribution >= 0.6 is 0 Å². The first-order chi connectivity index (χ1) is 17.9. The molecule has 0 saturated carbocycles. The molecule has 0 unspecified atom stereocenters. The fourth-order valence-corrected chi connectivity index (χ4v) is 5.19. The zero-order chi connectivity index (χ0) is 26.4. The van der Waals surface area contributed by atoms with Gasteiger partial charge in [0, 0.05) is 53.1 Å². The van der Waals surface area contributed by atoms with Crippen LogP contribution in [0, 0.1) is 11.3 Å². The lowest BCUT2D eigenvalue weighted by Gasteiger charge is -2.38. The molecule has 8 heteroatoms. The number of likely N-dealkylation sites (N-methyl/N-ethyl adjacent to an activating group) is 2. The molecule has 0 N–H and O–H groups in total. The van der Waals surface area contributed by atoms with Crippen LogP contribution in [-0.4, -0.2) is 80.8 Å². The van der Waals surface area contributed by atoms with Gasteiger partial charge in [0.2, 0.25) is 5.91 Å². The van der Waals surface area contributed by atoms with E-state index in [0.29, 0.717) is 43.0 Å². The third-order valence-electron chi connectivity index (χ3n) is 7.32. The summed E-state index contributed by atoms with van der Waals surface area (Å²) in [5.41, 5.74) is 1.64. The van der Waals surface area contributed by atoms with E-state index in [9.17, 15) is 14.9 Å². The number of benzene rings is 2. The molecule has 0 aromatic heterocycles. The van der Waals surface area contributed by atoms with E-state index >= 15 is 0 Å². The Morgan fingerprint density at radius 1 is 0.973 bits per heavy atom. The summed E-state index contributed by atoms with van der Waals surface area (Å²) >= 11 is 0. The van der Waals surface area contributed by atoms with Gasteiger partial charge in [-0.05, 0) is 30.5 Å². The van der Waals surface area contributed by atoms with Crippen LogP contribution in [-0.2, 0) is 14.3 Å². The number of hydrogen-bond donors (Lipinski definition) is 0. The Bertz CT molecular complexity index is 1130. The first-order valence-corrected chi connectivity index (χ1v) is 12.8. The molecule has 2 aromatic rings. The molecule has 0 spiro atoms. The number of para-hydroxylation sites is 1. The fourth-order valence-electron chi connectivity index (χ4n) is 5.19. The maximum absolute atomic E-state index is 13.6. The van der Waals surface area contributed by atoms with Gasteiger partial charge in [0.15, 0.2) is 0 Å². The smallest absolute Gasteiger partial charge is 0.257 e. The van der Waals surface area contributed by atoms with Crippen molar-refractivity contribution >= 4 is 11.8 Å². The van der Waals surface area contributed by atoms with Crippen molar-refractivity contribution in [1.82, 2.24) is 9.80 Å². The number of nitriles is 1. The van der Waals surface area contributed by atoms with Crippen LogP contribution in [0.4, 0.5) is 0 Å². The van der Waals surface area contributed by atoms with Gasteiger partial charge in [-0.25, -0.2) is 0 Å². The van der Waals surface area contributed by atoms with Gasteiger partial charge in [-0.15, -0.1) is 0 Å². The minimum absolute atomic E-state index is 0.0159. The second-order valence-corrected chi connectivity index (χ2v) is 9.85. The second kappa shape index (κ2) is 12.2. The summed E-state index contributed by atoms with van der Waals surface area (Å²) in [5.74, 6) is -0.182. The van der Waals surface area contributed by atoms with Crippen molar-refractivity contribution in [3.63, 3.8) is 0 Å². The van der Waals surface area contributed by atoms with Crippen LogP contribution < -0.4 is 4.74 Å². The van der Waals surface area contributed by atoms with Gasteiger partial charge in [0.05, 0.1) is 29.9 Å². The third kappa shape index (κ3) is 6.30. The summed E-state index contributed by atoms with van der Waals surface area (Å²) in [6.07, 6.45) is 2.07. The molecular weight excluding hydrogens is 470 g/mol. The van der Waals surface area contributed by atoms with Crippen molar-refractivity contribution < 1.29 is 23.8 Å². The molecule has 8 nitrogen and oxygen atoms in total. The molecule has 2 aliphatic rings. The number of methoxy groups -OCH3 is 1. The van der Waals surface area contributed by atoms with Crippen LogP contribution in [0.2, 0.25) is 0 Å². The first-order valence-electron chi connectivity index (χ1n) is 12.8. The van der Waals surface area contributed by atoms with Gasteiger partial charge in [-0.2, -0.15) is 5.26 Å². The van der Waals surface area contributed by atoms with Crippen molar-refractivity contribution in [3.05, 3.63) is 65.2 Å². The molecule has 2 bridgehead atoms. The predicted octanol–water partition coefficient (Wildman–Crippen LogP) is 3.61. The van der Waals surface area contributed by atoms with Crippen LogP contribution in [0.5, 0.6) is 5.75 Å². The van der Waals surface area contributed by atoms with Gasteiger partial charge in [0.25, 0.3) is 5.91 Å². The van der Waals surface area contributed by atoms with Crippen molar-refractivity contribution in [2.75, 3.05) is 40.9 Å². The highest BCUT2D eigenvalue weighted by molar-refractivity contribution is 5.97. The van der Waals surface area contributed by atoms with E-state index in [1.54, 1.807) is 49.2 Å². The number of fused-ring (bicyclic) bond motifs is 3. The topological polar surface area (TPSA) is 92.1 Å². The Hall–Kier alpha value is -3.41. The Morgan fingerprint density at radius 2 is 1.76 bits per heavy atom. The maximum atomic E-state index is 13.6. The normalized spacial score (nSPS) is 25.7. The summed E-state index contributed by atoms with van der Waals surface area (Å²) in [6.45, 7) is 1.06. The van der Waals surface area contributed by atoms with Crippen LogP contribution in [0.3, 0.4) is 0 Å². The van der Waals surface area contributed by atoms with E-state index in [0.717, 1.165) is 18.4 Å². The van der Waals surface area contributed by atoms with Gasteiger partial charge in [0.1, 0.15) is 17.9 Å². The van der Waals surface area contributed by atoms with Crippen molar-refractivity contribution in [3.8, 4) is 11.8 Å². The number of nitrogens with zero attached hydrogens (tertiary/aromatic N) is 3. The monoisotopic (exact) mass is 505 g/mol. The molecular formula is C29H35N3O5. The predicted molar refractivity (Wildman–Crippen MR) is 138 cm³/mol. The fraction of sp³-hybridized carbons (Fsp3) is 0.483. The van der Waals surface area contributed by atoms with E-state index in [4.69, 9.17) is 14.2 Å². The molecule has 4 rings (SSSR count). The molecule has 4 atom stereocenters. The summed E-state index contributed by atoms with van der Waals surface area (Å²) in [5, 5.41) is 9.69. The highest BCUT2D eigenvalue weighted by Gasteiger charge is 2.34. The zero-order valence-corrected chi connectivity index (χ0v) is 21.8. The molecule has 2 heterocycles. The van der Waals surface area contributed by atoms with Crippen LogP contribution in [0.1, 0.15) is 53.1 Å². The molecule has 196 valence electrons. The summed E-state index contributed by atoms with van der Waals surface area (Å²) in [7, 11) is 5.20. The van der Waals surface area contributed by atoms with E-state index in [-0.39, 0.29) is 42.5 Å². The highest BCUT2D eigenvalue weighted by atomic mass is 16.5. The highest BCUT2D eigenvalue weighted by Crippen LogP contribution is 2.30. The average molecular weight is 506 g/mol. The molecule has 2 amide bonds. The average Bonchev–Trinajstić information content (AvgIpc) is 2.92. The Morgan fingerprint density at radius 3 is 2.49 bits per heavy atom. The van der Waals surface area contributed by atoms with Crippen LogP contribution in [0.25, 0.3) is 0 Å². The molecule has 1 saturated heterocycles. The lowest BCUT2D eigenvalue weighted by molar-refractivity contribution is -0.150. The van der Waals surface area contributed by atoms with Gasteiger partial charge in [-0.1, -0.05) is 36.4 Å². The van der Waals surface area contributed by atoms with E-state index < -0.39 is 0 Å². The second-order valence-electron chi connectivity index (χ2n) is 9.85. The van der Waals surface area contributed by atoms with Gasteiger partial charge < -0.3 is 24.0 Å². The quantitative estimate of drug-likeness (QED) is 0.619. The largest absolute Gasteiger partial charge is 0.491 e. The van der Waals surface area contributed by atoms with Crippen molar-refractivity contribution in [1.29, 1.82) is 5.26 Å². The van der Waals surface area contributed by atoms with E-state index in [1.807, 2.05) is 30.3 Å². The maximum Gasteiger partial charge on any atom is 0.257 e. The minimum atomic E-state index is -0.252. The molecule has 2 aliphatic heterocycles. The summed E-state index contributed by atoms with van der Waals surface area (Å²) < 4.78 is 18.1. The standard InChI is InChI=1S/C29H35N3O5/c1-31-19-26-25(35-3)13-12-23(37-26)14-15-36-28-21(17-30)10-7-11-24(28)29(34)32(2)18-22(16-27(31)33)20-8-5-4-6-9-20/h4-11,22-23,25-26H,12-16,18-19H2,1-3H3/t22-,23-,25+,26+/m0/s1. The number of hydrogen-bond acceptors (Lipinski definition) is 6. The molecule has 0 radical (unpaired) electrons. The number of carbonyl (C=O) groups excluding carboxylic acids is 2. The Balaban J connectivity index is 1.69. The lowest BCUT2D eigenvalue weighted by Crippen LogP contribution is -2.48. The molecule has 37 heavy (non-hydrogen) atoms. The Labute approximate surface area is 218 Å². The van der Waals surface area contributed by atoms with Crippen molar-refractivity contribution in [2.45, 2.75) is 49.9 Å². The first kappa shape index (κ1) is 26.6. The zero-order valence-electron chi connectivity index (χ0n) is 21.8. The number of ether oxygens (including phenoxy) is 3. The number of rotatable bonds is 2. The molecule has 1 fully saturated rings. The summed E-state index contributed by atoms with van der Waals surface area (Å²) in [4.78, 5) is 30.3.